The molecule has 132 valence electrons. The van der Waals surface area contributed by atoms with Gasteiger partial charge in [0.1, 0.15) is 11.6 Å². The maximum absolute atomic E-state index is 12.3. The number of ether oxygens (including phenoxy) is 2. The van der Waals surface area contributed by atoms with Crippen molar-refractivity contribution in [3.8, 4) is 0 Å². The Morgan fingerprint density at radius 1 is 1.22 bits per heavy atom. The highest BCUT2D eigenvalue weighted by Crippen LogP contribution is 2.17. The van der Waals surface area contributed by atoms with Crippen LogP contribution in [-0.4, -0.2) is 41.1 Å². The molecule has 0 rings (SSSR count). The van der Waals surface area contributed by atoms with Crippen LogP contribution in [0.25, 0.3) is 0 Å². The molecule has 0 N–H and O–H groups in total. The number of hydrogen-bond donors (Lipinski definition) is 0. The summed E-state index contributed by atoms with van der Waals surface area (Å²) in [5.74, 6) is -1.13. The molecular weight excluding hydrogens is 298 g/mol. The van der Waals surface area contributed by atoms with Crippen LogP contribution < -0.4 is 0 Å². The summed E-state index contributed by atoms with van der Waals surface area (Å²) in [7, 11) is 0. The second kappa shape index (κ2) is 10.0. The number of amides is 2. The van der Waals surface area contributed by atoms with Crippen LogP contribution in [0, 0.1) is 0 Å². The van der Waals surface area contributed by atoms with E-state index in [1.54, 1.807) is 33.8 Å². The Morgan fingerprint density at radius 3 is 2.26 bits per heavy atom. The van der Waals surface area contributed by atoms with E-state index in [2.05, 4.69) is 6.58 Å². The maximum atomic E-state index is 12.3. The van der Waals surface area contributed by atoms with E-state index in [9.17, 15) is 14.4 Å². The quantitative estimate of drug-likeness (QED) is 0.388. The summed E-state index contributed by atoms with van der Waals surface area (Å²) in [6.07, 6.45) is 3.59. The number of unbranched alkanes of at least 4 members (excludes halogenated alkanes) is 2. The van der Waals surface area contributed by atoms with Crippen molar-refractivity contribution in [3.63, 3.8) is 0 Å². The molecule has 0 fully saturated rings. The molecule has 23 heavy (non-hydrogen) atoms. The van der Waals surface area contributed by atoms with Crippen LogP contribution in [0.15, 0.2) is 12.7 Å². The Bertz CT molecular complexity index is 425. The summed E-state index contributed by atoms with van der Waals surface area (Å²) in [5, 5.41) is 0. The zero-order valence-corrected chi connectivity index (χ0v) is 14.9. The van der Waals surface area contributed by atoms with Crippen molar-refractivity contribution >= 4 is 18.0 Å². The summed E-state index contributed by atoms with van der Waals surface area (Å²) in [5.41, 5.74) is -0.757. The van der Waals surface area contributed by atoms with Crippen LogP contribution in [0.3, 0.4) is 0 Å². The minimum absolute atomic E-state index is 0.183. The molecule has 6 heteroatoms. The fraction of sp³-hybridized carbons (Fsp3) is 0.706. The van der Waals surface area contributed by atoms with Gasteiger partial charge in [-0.1, -0.05) is 12.5 Å². The number of carbonyl (C=O) groups is 3. The fourth-order valence-electron chi connectivity index (χ4n) is 2.00. The number of nitrogens with zero attached hydrogens (tertiary/aromatic N) is 1. The summed E-state index contributed by atoms with van der Waals surface area (Å²) in [6.45, 7) is 11.8. The molecule has 0 aromatic carbocycles. The van der Waals surface area contributed by atoms with Gasteiger partial charge in [-0.3, -0.25) is 4.79 Å². The number of allylic oxidation sites excluding steroid dienone is 1. The molecule has 0 aliphatic rings. The van der Waals surface area contributed by atoms with E-state index in [0.29, 0.717) is 12.8 Å². The predicted octanol–water partition coefficient (Wildman–Crippen LogP) is 3.45. The van der Waals surface area contributed by atoms with E-state index in [1.165, 1.54) is 6.92 Å². The van der Waals surface area contributed by atoms with Crippen molar-refractivity contribution in [2.75, 3.05) is 6.61 Å². The normalized spacial score (nSPS) is 12.2. The zero-order chi connectivity index (χ0) is 18.0. The highest BCUT2D eigenvalue weighted by molar-refractivity contribution is 5.95. The van der Waals surface area contributed by atoms with Gasteiger partial charge in [-0.15, -0.1) is 6.58 Å². The molecule has 0 radical (unpaired) electrons. The van der Waals surface area contributed by atoms with Crippen LogP contribution in [0.5, 0.6) is 0 Å². The minimum Gasteiger partial charge on any atom is -0.464 e. The second-order valence-electron chi connectivity index (χ2n) is 6.21. The Kier molecular flexibility index (Phi) is 9.22. The van der Waals surface area contributed by atoms with Gasteiger partial charge in [0, 0.05) is 6.92 Å². The van der Waals surface area contributed by atoms with Crippen molar-refractivity contribution in [1.29, 1.82) is 0 Å². The first-order valence-corrected chi connectivity index (χ1v) is 7.94. The van der Waals surface area contributed by atoms with Gasteiger partial charge in [0.05, 0.1) is 6.61 Å². The zero-order valence-electron chi connectivity index (χ0n) is 14.9. The summed E-state index contributed by atoms with van der Waals surface area (Å²) in [4.78, 5) is 37.2. The fourth-order valence-corrected chi connectivity index (χ4v) is 2.00. The van der Waals surface area contributed by atoms with Gasteiger partial charge >= 0.3 is 12.1 Å². The minimum atomic E-state index is -0.966. The first-order valence-electron chi connectivity index (χ1n) is 7.94. The standard InChI is InChI=1S/C17H29NO5/c1-7-9-10-11-12-14(15(20)22-8-2)18(13(3)19)16(21)23-17(4,5)6/h7,14H,1,8-12H2,2-6H3/t14-/m0/s1. The Balaban J connectivity index is 5.22. The van der Waals surface area contributed by atoms with Gasteiger partial charge in [-0.05, 0) is 47.0 Å². The maximum Gasteiger partial charge on any atom is 0.417 e. The van der Waals surface area contributed by atoms with Crippen LogP contribution in [0.2, 0.25) is 0 Å². The molecule has 0 aliphatic heterocycles. The lowest BCUT2D eigenvalue weighted by Gasteiger charge is -2.30. The number of hydrogen-bond acceptors (Lipinski definition) is 5. The molecule has 1 atom stereocenters. The third-order valence-corrected chi connectivity index (χ3v) is 2.94. The van der Waals surface area contributed by atoms with Gasteiger partial charge in [0.2, 0.25) is 5.91 Å². The second-order valence-corrected chi connectivity index (χ2v) is 6.21. The van der Waals surface area contributed by atoms with Crippen molar-refractivity contribution in [1.82, 2.24) is 4.90 Å². The molecule has 0 unspecified atom stereocenters. The van der Waals surface area contributed by atoms with Gasteiger partial charge in [-0.2, -0.15) is 0 Å². The molecule has 2 amide bonds. The molecule has 0 heterocycles. The molecule has 6 nitrogen and oxygen atoms in total. The molecule has 0 saturated carbocycles. The lowest BCUT2D eigenvalue weighted by Crippen LogP contribution is -2.50. The third kappa shape index (κ3) is 8.38. The SMILES string of the molecule is C=CCCCC[C@@H](C(=O)OCC)N(C(C)=O)C(=O)OC(C)(C)C. The molecule has 0 aliphatic carbocycles. The van der Waals surface area contributed by atoms with Crippen LogP contribution in [0.4, 0.5) is 4.79 Å². The highest BCUT2D eigenvalue weighted by Gasteiger charge is 2.36. The van der Waals surface area contributed by atoms with Crippen molar-refractivity contribution in [2.24, 2.45) is 0 Å². The summed E-state index contributed by atoms with van der Waals surface area (Å²) < 4.78 is 10.3. The van der Waals surface area contributed by atoms with Crippen LogP contribution in [0.1, 0.15) is 60.3 Å². The first kappa shape index (κ1) is 21.1. The lowest BCUT2D eigenvalue weighted by molar-refractivity contribution is -0.154. The molecule has 0 spiro atoms. The van der Waals surface area contributed by atoms with E-state index in [4.69, 9.17) is 9.47 Å². The lowest BCUT2D eigenvalue weighted by atomic mass is 10.1. The van der Waals surface area contributed by atoms with Gasteiger partial charge in [0.25, 0.3) is 0 Å². The van der Waals surface area contributed by atoms with Crippen LogP contribution in [-0.2, 0) is 19.1 Å². The van der Waals surface area contributed by atoms with Gasteiger partial charge in [-0.25, -0.2) is 14.5 Å². The molecule has 0 bridgehead atoms. The topological polar surface area (TPSA) is 72.9 Å². The first-order chi connectivity index (χ1) is 10.6. The number of esters is 1. The predicted molar refractivity (Wildman–Crippen MR) is 87.8 cm³/mol. The number of rotatable bonds is 8. The molecular formula is C17H29NO5. The van der Waals surface area contributed by atoms with E-state index in [0.717, 1.165) is 17.7 Å². The van der Waals surface area contributed by atoms with E-state index >= 15 is 0 Å². The summed E-state index contributed by atoms with van der Waals surface area (Å²) >= 11 is 0. The monoisotopic (exact) mass is 327 g/mol. The number of carbonyl (C=O) groups excluding carboxylic acids is 3. The van der Waals surface area contributed by atoms with Crippen LogP contribution >= 0.6 is 0 Å². The van der Waals surface area contributed by atoms with Gasteiger partial charge in [0.15, 0.2) is 0 Å². The molecule has 0 saturated heterocycles. The Morgan fingerprint density at radius 2 is 1.83 bits per heavy atom. The Labute approximate surface area is 138 Å². The molecule has 0 aromatic rings. The average Bonchev–Trinajstić information content (AvgIpc) is 2.39. The van der Waals surface area contributed by atoms with Crippen molar-refractivity contribution in [2.45, 2.75) is 71.9 Å². The van der Waals surface area contributed by atoms with Crippen molar-refractivity contribution in [3.05, 3.63) is 12.7 Å². The van der Waals surface area contributed by atoms with E-state index in [1.807, 2.05) is 0 Å². The van der Waals surface area contributed by atoms with Gasteiger partial charge < -0.3 is 9.47 Å². The van der Waals surface area contributed by atoms with E-state index < -0.39 is 29.6 Å². The van der Waals surface area contributed by atoms with Crippen molar-refractivity contribution < 1.29 is 23.9 Å². The summed E-state index contributed by atoms with van der Waals surface area (Å²) in [6, 6.07) is -0.966. The number of imide groups is 1. The Hall–Kier alpha value is -1.85. The largest absolute Gasteiger partial charge is 0.464 e. The third-order valence-electron chi connectivity index (χ3n) is 2.94. The highest BCUT2D eigenvalue weighted by atomic mass is 16.6. The van der Waals surface area contributed by atoms with E-state index in [-0.39, 0.29) is 6.61 Å². The smallest absolute Gasteiger partial charge is 0.417 e. The average molecular weight is 327 g/mol. The molecule has 0 aromatic heterocycles.